The van der Waals surface area contributed by atoms with Crippen LogP contribution in [0.4, 0.5) is 0 Å². The minimum atomic E-state index is -0.878. The van der Waals surface area contributed by atoms with E-state index < -0.39 is 17.5 Å². The molecule has 21 heavy (non-hydrogen) atoms. The number of amides is 1. The van der Waals surface area contributed by atoms with Crippen molar-refractivity contribution in [3.05, 3.63) is 18.0 Å². The molecule has 1 saturated heterocycles. The van der Waals surface area contributed by atoms with Gasteiger partial charge in [-0.05, 0) is 13.3 Å². The maximum Gasteiger partial charge on any atom is 0.307 e. The molecule has 0 spiro atoms. The number of rotatable bonds is 3. The first kappa shape index (κ1) is 14.1. The predicted octanol–water partition coefficient (Wildman–Crippen LogP) is 0.215. The van der Waals surface area contributed by atoms with E-state index in [9.17, 15) is 9.59 Å². The predicted molar refractivity (Wildman–Crippen MR) is 72.3 cm³/mol. The summed E-state index contributed by atoms with van der Waals surface area (Å²) in [6.07, 6.45) is 4.07. The van der Waals surface area contributed by atoms with Gasteiger partial charge >= 0.3 is 5.97 Å². The van der Waals surface area contributed by atoms with E-state index in [-0.39, 0.29) is 11.8 Å². The molecule has 3 atom stereocenters. The summed E-state index contributed by atoms with van der Waals surface area (Å²) in [5.41, 5.74) is 0.337. The zero-order valence-electron chi connectivity index (χ0n) is 12.2. The van der Waals surface area contributed by atoms with Gasteiger partial charge in [0.25, 0.3) is 0 Å². The molecule has 2 fully saturated rings. The van der Waals surface area contributed by atoms with E-state index in [2.05, 4.69) is 5.10 Å². The second-order valence-electron chi connectivity index (χ2n) is 6.03. The molecule has 7 heteroatoms. The molecule has 1 N–H and O–H groups in total. The number of ether oxygens (including phenoxy) is 1. The van der Waals surface area contributed by atoms with Crippen LogP contribution in [0.15, 0.2) is 12.4 Å². The van der Waals surface area contributed by atoms with Gasteiger partial charge in [-0.2, -0.15) is 5.10 Å². The topological polar surface area (TPSA) is 84.7 Å². The Morgan fingerprint density at radius 1 is 1.48 bits per heavy atom. The van der Waals surface area contributed by atoms with Crippen molar-refractivity contribution in [3.63, 3.8) is 0 Å². The number of carbonyl (C=O) groups excluding carboxylic acids is 1. The van der Waals surface area contributed by atoms with E-state index in [1.165, 1.54) is 0 Å². The highest BCUT2D eigenvalue weighted by Gasteiger charge is 2.51. The summed E-state index contributed by atoms with van der Waals surface area (Å²) in [5.74, 6) is -1.82. The molecule has 1 amide bonds. The molecule has 0 bridgehead atoms. The monoisotopic (exact) mass is 293 g/mol. The second kappa shape index (κ2) is 4.84. The third-order valence-electron chi connectivity index (χ3n) is 4.33. The summed E-state index contributed by atoms with van der Waals surface area (Å²) < 4.78 is 7.56. The summed E-state index contributed by atoms with van der Waals surface area (Å²) >= 11 is 0. The molecular weight excluding hydrogens is 274 g/mol. The molecular formula is C14H19N3O4. The molecule has 114 valence electrons. The molecule has 1 aliphatic carbocycles. The zero-order chi connectivity index (χ0) is 15.2. The first-order chi connectivity index (χ1) is 9.90. The van der Waals surface area contributed by atoms with Crippen molar-refractivity contribution in [1.82, 2.24) is 14.7 Å². The largest absolute Gasteiger partial charge is 0.481 e. The highest BCUT2D eigenvalue weighted by Crippen LogP contribution is 2.41. The molecule has 0 radical (unpaired) electrons. The number of aromatic nitrogens is 2. The van der Waals surface area contributed by atoms with Gasteiger partial charge < -0.3 is 14.7 Å². The van der Waals surface area contributed by atoms with Crippen LogP contribution in [0.5, 0.6) is 0 Å². The minimum absolute atomic E-state index is 0.0687. The quantitative estimate of drug-likeness (QED) is 0.861. The van der Waals surface area contributed by atoms with Crippen LogP contribution in [0.3, 0.4) is 0 Å². The lowest BCUT2D eigenvalue weighted by Crippen LogP contribution is -2.51. The van der Waals surface area contributed by atoms with Crippen LogP contribution >= 0.6 is 0 Å². The number of aliphatic carboxylic acids is 1. The number of morpholine rings is 1. The first-order valence-electron chi connectivity index (χ1n) is 7.05. The van der Waals surface area contributed by atoms with Crippen molar-refractivity contribution in [2.24, 2.45) is 18.9 Å². The highest BCUT2D eigenvalue weighted by molar-refractivity contribution is 5.89. The SMILES string of the molecule is Cn1cc(C2(C)CN(C(=O)C3CC3C(=O)O)CCO2)cn1. The van der Waals surface area contributed by atoms with E-state index in [1.807, 2.05) is 20.2 Å². The fraction of sp³-hybridized carbons (Fsp3) is 0.643. The normalized spacial score (nSPS) is 32.0. The average Bonchev–Trinajstić information content (AvgIpc) is 3.13. The molecule has 1 saturated carbocycles. The lowest BCUT2D eigenvalue weighted by molar-refractivity contribution is -0.152. The Balaban J connectivity index is 1.71. The van der Waals surface area contributed by atoms with Gasteiger partial charge in [0.15, 0.2) is 0 Å². The van der Waals surface area contributed by atoms with Crippen molar-refractivity contribution < 1.29 is 19.4 Å². The minimum Gasteiger partial charge on any atom is -0.481 e. The molecule has 3 rings (SSSR count). The van der Waals surface area contributed by atoms with Crippen LogP contribution in [-0.2, 0) is 27.0 Å². The molecule has 3 unspecified atom stereocenters. The standard InChI is InChI=1S/C14H19N3O4/c1-14(9-6-15-16(2)7-9)8-17(3-4-21-14)12(18)10-5-11(10)13(19)20/h6-7,10-11H,3-5,8H2,1-2H3,(H,19,20). The van der Waals surface area contributed by atoms with Gasteiger partial charge in [0.1, 0.15) is 5.60 Å². The Morgan fingerprint density at radius 3 is 2.81 bits per heavy atom. The van der Waals surface area contributed by atoms with Crippen LogP contribution in [0.2, 0.25) is 0 Å². The van der Waals surface area contributed by atoms with Crippen LogP contribution in [0.1, 0.15) is 18.9 Å². The number of nitrogens with zero attached hydrogens (tertiary/aromatic N) is 3. The fourth-order valence-corrected chi connectivity index (χ4v) is 2.90. The lowest BCUT2D eigenvalue weighted by Gasteiger charge is -2.40. The summed E-state index contributed by atoms with van der Waals surface area (Å²) in [5, 5.41) is 13.1. The van der Waals surface area contributed by atoms with Crippen LogP contribution in [0, 0.1) is 11.8 Å². The maximum absolute atomic E-state index is 12.4. The smallest absolute Gasteiger partial charge is 0.307 e. The molecule has 2 aliphatic rings. The summed E-state index contributed by atoms with van der Waals surface area (Å²) in [6, 6.07) is 0. The third kappa shape index (κ3) is 2.53. The molecule has 2 heterocycles. The molecule has 0 aromatic carbocycles. The molecule has 7 nitrogen and oxygen atoms in total. The van der Waals surface area contributed by atoms with Crippen molar-refractivity contribution in [2.45, 2.75) is 18.9 Å². The Kier molecular flexibility index (Phi) is 3.24. The average molecular weight is 293 g/mol. The van der Waals surface area contributed by atoms with E-state index in [0.717, 1.165) is 5.56 Å². The second-order valence-corrected chi connectivity index (χ2v) is 6.03. The van der Waals surface area contributed by atoms with E-state index in [4.69, 9.17) is 9.84 Å². The van der Waals surface area contributed by atoms with E-state index >= 15 is 0 Å². The fourth-order valence-electron chi connectivity index (χ4n) is 2.90. The van der Waals surface area contributed by atoms with Crippen LogP contribution < -0.4 is 0 Å². The van der Waals surface area contributed by atoms with E-state index in [1.54, 1.807) is 15.8 Å². The summed E-state index contributed by atoms with van der Waals surface area (Å²) in [7, 11) is 1.83. The Labute approximate surface area is 122 Å². The summed E-state index contributed by atoms with van der Waals surface area (Å²) in [6.45, 7) is 3.32. The van der Waals surface area contributed by atoms with Gasteiger partial charge in [-0.1, -0.05) is 0 Å². The first-order valence-corrected chi connectivity index (χ1v) is 7.05. The van der Waals surface area contributed by atoms with Gasteiger partial charge in [-0.15, -0.1) is 0 Å². The number of carboxylic acid groups (broad SMARTS) is 1. The molecule has 1 aromatic rings. The number of hydrogen-bond donors (Lipinski definition) is 1. The highest BCUT2D eigenvalue weighted by atomic mass is 16.5. The lowest BCUT2D eigenvalue weighted by atomic mass is 9.96. The molecule has 1 aromatic heterocycles. The van der Waals surface area contributed by atoms with Crippen molar-refractivity contribution >= 4 is 11.9 Å². The number of aryl methyl sites for hydroxylation is 1. The number of carboxylic acids is 1. The van der Waals surface area contributed by atoms with Crippen molar-refractivity contribution in [3.8, 4) is 0 Å². The van der Waals surface area contributed by atoms with Gasteiger partial charge in [-0.25, -0.2) is 0 Å². The van der Waals surface area contributed by atoms with Crippen molar-refractivity contribution in [1.29, 1.82) is 0 Å². The van der Waals surface area contributed by atoms with Gasteiger partial charge in [0, 0.05) is 25.4 Å². The zero-order valence-corrected chi connectivity index (χ0v) is 12.2. The summed E-state index contributed by atoms with van der Waals surface area (Å²) in [4.78, 5) is 25.0. The Morgan fingerprint density at radius 2 is 2.24 bits per heavy atom. The molecule has 1 aliphatic heterocycles. The Hall–Kier alpha value is -1.89. The number of hydrogen-bond acceptors (Lipinski definition) is 4. The van der Waals surface area contributed by atoms with Gasteiger partial charge in [0.05, 0.1) is 31.2 Å². The number of carbonyl (C=O) groups is 2. The van der Waals surface area contributed by atoms with E-state index in [0.29, 0.717) is 26.1 Å². The van der Waals surface area contributed by atoms with Crippen molar-refractivity contribution in [2.75, 3.05) is 19.7 Å². The van der Waals surface area contributed by atoms with Gasteiger partial charge in [-0.3, -0.25) is 14.3 Å². The third-order valence-corrected chi connectivity index (χ3v) is 4.33. The Bertz CT molecular complexity index is 585. The van der Waals surface area contributed by atoms with Crippen LogP contribution in [0.25, 0.3) is 0 Å². The van der Waals surface area contributed by atoms with Gasteiger partial charge in [0.2, 0.25) is 5.91 Å². The maximum atomic E-state index is 12.4. The van der Waals surface area contributed by atoms with Crippen LogP contribution in [-0.4, -0.2) is 51.4 Å².